The molecule has 49 heavy (non-hydrogen) atoms. The van der Waals surface area contributed by atoms with E-state index < -0.39 is 6.10 Å². The fourth-order valence-corrected chi connectivity index (χ4v) is 9.25. The quantitative estimate of drug-likeness (QED) is 0.0482. The molecule has 288 valence electrons. The van der Waals surface area contributed by atoms with E-state index in [2.05, 4.69) is 60.6 Å². The van der Waals surface area contributed by atoms with E-state index in [1.807, 2.05) is 13.8 Å². The van der Waals surface area contributed by atoms with Gasteiger partial charge in [-0.25, -0.2) is 0 Å². The van der Waals surface area contributed by atoms with Crippen LogP contribution in [0.2, 0.25) is 0 Å². The van der Waals surface area contributed by atoms with Gasteiger partial charge in [0.1, 0.15) is 6.10 Å². The second-order valence-electron chi connectivity index (χ2n) is 15.6. The fourth-order valence-electron chi connectivity index (χ4n) is 9.25. The number of ether oxygens (including phenoxy) is 2. The number of aliphatic hydroxyl groups is 2. The highest BCUT2D eigenvalue weighted by Gasteiger charge is 2.44. The lowest BCUT2D eigenvalue weighted by Gasteiger charge is -2.40. The lowest BCUT2D eigenvalue weighted by Crippen LogP contribution is -2.34. The van der Waals surface area contributed by atoms with Crippen LogP contribution in [-0.2, 0) is 19.1 Å². The Balaban J connectivity index is 3.04. The van der Waals surface area contributed by atoms with Gasteiger partial charge >= 0.3 is 11.9 Å². The van der Waals surface area contributed by atoms with Crippen LogP contribution < -0.4 is 0 Å². The van der Waals surface area contributed by atoms with Gasteiger partial charge in [0, 0.05) is 25.2 Å². The normalized spacial score (nSPS) is 23.3. The maximum Gasteiger partial charge on any atom is 0.306 e. The van der Waals surface area contributed by atoms with Crippen LogP contribution in [0.15, 0.2) is 12.2 Å². The number of carbonyl (C=O) groups excluding carboxylic acids is 2. The van der Waals surface area contributed by atoms with Crippen molar-refractivity contribution in [2.75, 3.05) is 0 Å². The summed E-state index contributed by atoms with van der Waals surface area (Å²) in [5, 5.41) is 21.9. The van der Waals surface area contributed by atoms with Gasteiger partial charge in [-0.1, -0.05) is 125 Å². The molecule has 0 aromatic carbocycles. The van der Waals surface area contributed by atoms with Crippen molar-refractivity contribution in [1.82, 2.24) is 0 Å². The van der Waals surface area contributed by atoms with Crippen LogP contribution in [0.1, 0.15) is 184 Å². The first-order chi connectivity index (χ1) is 23.5. The largest absolute Gasteiger partial charge is 0.463 e. The minimum Gasteiger partial charge on any atom is -0.463 e. The third kappa shape index (κ3) is 16.7. The summed E-state index contributed by atoms with van der Waals surface area (Å²) in [5.41, 5.74) is 0. The summed E-state index contributed by atoms with van der Waals surface area (Å²) in [6, 6.07) is 0. The molecule has 0 aromatic rings. The zero-order valence-corrected chi connectivity index (χ0v) is 33.5. The lowest BCUT2D eigenvalue weighted by molar-refractivity contribution is -0.153. The van der Waals surface area contributed by atoms with Crippen molar-refractivity contribution in [3.63, 3.8) is 0 Å². The van der Waals surface area contributed by atoms with Crippen LogP contribution in [0, 0.1) is 41.4 Å². The SMILES string of the molecule is CCCCC[C@H](O)CC[C@@H]1[C@@H](C/C=C\CCCC(=O)OC(C)C)[C@@H](OC(=O)CC(CC)C(CC)C(CC)C(CC)C(CC)CCC)C[C@H]1O. The van der Waals surface area contributed by atoms with Crippen LogP contribution in [0.5, 0.6) is 0 Å². The van der Waals surface area contributed by atoms with Gasteiger partial charge < -0.3 is 19.7 Å². The molecule has 1 aliphatic carbocycles. The molecule has 6 nitrogen and oxygen atoms in total. The molecule has 0 radical (unpaired) electrons. The van der Waals surface area contributed by atoms with Crippen LogP contribution in [0.3, 0.4) is 0 Å². The highest BCUT2D eigenvalue weighted by atomic mass is 16.5. The molecule has 6 heteroatoms. The minimum atomic E-state index is -0.547. The maximum absolute atomic E-state index is 13.8. The van der Waals surface area contributed by atoms with Crippen LogP contribution in [0.25, 0.3) is 0 Å². The molecule has 0 saturated heterocycles. The van der Waals surface area contributed by atoms with Gasteiger partial charge in [0.15, 0.2) is 0 Å². The second kappa shape index (κ2) is 26.4. The highest BCUT2D eigenvalue weighted by molar-refractivity contribution is 5.70. The summed E-state index contributed by atoms with van der Waals surface area (Å²) in [7, 11) is 0. The Bertz CT molecular complexity index is 886. The van der Waals surface area contributed by atoms with Crippen molar-refractivity contribution in [1.29, 1.82) is 0 Å². The molecule has 1 aliphatic rings. The van der Waals surface area contributed by atoms with E-state index in [1.54, 1.807) is 0 Å². The van der Waals surface area contributed by atoms with Gasteiger partial charge in [-0.15, -0.1) is 0 Å². The monoisotopic (exact) mass is 693 g/mol. The Hall–Kier alpha value is -1.40. The first-order valence-corrected chi connectivity index (χ1v) is 20.9. The zero-order valence-electron chi connectivity index (χ0n) is 33.5. The smallest absolute Gasteiger partial charge is 0.306 e. The molecule has 5 unspecified atom stereocenters. The molecule has 0 amide bonds. The van der Waals surface area contributed by atoms with E-state index in [1.165, 1.54) is 25.7 Å². The maximum atomic E-state index is 13.8. The molecule has 0 aliphatic heterocycles. The molecular formula is C43H80O6. The number of carbonyl (C=O) groups is 2. The van der Waals surface area contributed by atoms with Gasteiger partial charge in [-0.2, -0.15) is 0 Å². The van der Waals surface area contributed by atoms with E-state index in [-0.39, 0.29) is 48.0 Å². The highest BCUT2D eigenvalue weighted by Crippen LogP contribution is 2.44. The third-order valence-electron chi connectivity index (χ3n) is 11.8. The van der Waals surface area contributed by atoms with E-state index >= 15 is 0 Å². The standard InChI is InChI=1S/C43H80O6/c1-10-17-20-24-34(44)27-28-38-39(25-21-18-19-22-26-42(46)48-31(8)9)41(30-40(38)45)49-43(47)29-33(13-4)36(15-6)37(16-7)35(14-5)32(12-3)23-11-2/h18,21,31-41,44-45H,10-17,19-20,22-30H2,1-9H3/b21-18-/t32?,33?,34-,35?,36?,37?,38+,39+,40+,41-/m0/s1. The Morgan fingerprint density at radius 1 is 0.735 bits per heavy atom. The Morgan fingerprint density at radius 2 is 1.39 bits per heavy atom. The molecule has 0 aromatic heterocycles. The molecule has 10 atom stereocenters. The zero-order chi connectivity index (χ0) is 36.8. The van der Waals surface area contributed by atoms with Gasteiger partial charge in [0.2, 0.25) is 0 Å². The van der Waals surface area contributed by atoms with Crippen LogP contribution in [0.4, 0.5) is 0 Å². The summed E-state index contributed by atoms with van der Waals surface area (Å²) in [6.45, 7) is 19.8. The predicted octanol–water partition coefficient (Wildman–Crippen LogP) is 11.0. The van der Waals surface area contributed by atoms with E-state index in [9.17, 15) is 19.8 Å². The first-order valence-electron chi connectivity index (χ1n) is 20.9. The first kappa shape index (κ1) is 45.6. The minimum absolute atomic E-state index is 0.0122. The van der Waals surface area contributed by atoms with Gasteiger partial charge in [0.25, 0.3) is 0 Å². The molecule has 2 N–H and O–H groups in total. The van der Waals surface area contributed by atoms with Crippen molar-refractivity contribution >= 4 is 11.9 Å². The van der Waals surface area contributed by atoms with Crippen molar-refractivity contribution in [2.24, 2.45) is 41.4 Å². The number of allylic oxidation sites excluding steroid dienone is 2. The van der Waals surface area contributed by atoms with E-state index in [4.69, 9.17) is 9.47 Å². The van der Waals surface area contributed by atoms with Crippen molar-refractivity contribution in [2.45, 2.75) is 209 Å². The molecule has 0 heterocycles. The average Bonchev–Trinajstić information content (AvgIpc) is 3.35. The van der Waals surface area contributed by atoms with Crippen molar-refractivity contribution in [3.05, 3.63) is 12.2 Å². The number of rotatable bonds is 28. The lowest BCUT2D eigenvalue weighted by atomic mass is 9.65. The summed E-state index contributed by atoms with van der Waals surface area (Å²) < 4.78 is 11.6. The van der Waals surface area contributed by atoms with Crippen LogP contribution in [-0.4, -0.2) is 46.6 Å². The molecule has 1 rings (SSSR count). The Morgan fingerprint density at radius 3 is 1.96 bits per heavy atom. The van der Waals surface area contributed by atoms with E-state index in [0.717, 1.165) is 70.1 Å². The van der Waals surface area contributed by atoms with Crippen molar-refractivity contribution in [3.8, 4) is 0 Å². The molecule has 1 saturated carbocycles. The van der Waals surface area contributed by atoms with Gasteiger partial charge in [-0.05, 0) is 87.9 Å². The summed E-state index contributed by atoms with van der Waals surface area (Å²) in [4.78, 5) is 25.7. The van der Waals surface area contributed by atoms with Gasteiger partial charge in [-0.3, -0.25) is 9.59 Å². The summed E-state index contributed by atoms with van der Waals surface area (Å²) >= 11 is 0. The molecule has 1 fully saturated rings. The third-order valence-corrected chi connectivity index (χ3v) is 11.8. The molecule has 0 spiro atoms. The second-order valence-corrected chi connectivity index (χ2v) is 15.6. The Labute approximate surface area is 303 Å². The topological polar surface area (TPSA) is 93.1 Å². The number of unbranched alkanes of at least 4 members (excludes halogenated alkanes) is 3. The van der Waals surface area contributed by atoms with Gasteiger partial charge in [0.05, 0.1) is 18.3 Å². The number of hydrogen-bond donors (Lipinski definition) is 2. The number of hydrogen-bond acceptors (Lipinski definition) is 6. The van der Waals surface area contributed by atoms with E-state index in [0.29, 0.717) is 49.9 Å². The molecular weight excluding hydrogens is 612 g/mol. The average molecular weight is 693 g/mol. The fraction of sp³-hybridized carbons (Fsp3) is 0.907. The van der Waals surface area contributed by atoms with Crippen molar-refractivity contribution < 1.29 is 29.3 Å². The molecule has 0 bridgehead atoms. The number of aliphatic hydroxyl groups excluding tert-OH is 2. The summed E-state index contributed by atoms with van der Waals surface area (Å²) in [6.07, 6.45) is 20.0. The Kier molecular flexibility index (Phi) is 24.6. The number of esters is 2. The van der Waals surface area contributed by atoms with Crippen LogP contribution >= 0.6 is 0 Å². The predicted molar refractivity (Wildman–Crippen MR) is 204 cm³/mol. The summed E-state index contributed by atoms with van der Waals surface area (Å²) in [5.74, 6) is 2.52.